The first-order valence-electron chi connectivity index (χ1n) is 8.21. The Kier molecular flexibility index (Phi) is 6.22. The molecule has 130 valence electrons. The molecule has 1 aromatic heterocycles. The van der Waals surface area contributed by atoms with Gasteiger partial charge in [0.25, 0.3) is 0 Å². The van der Waals surface area contributed by atoms with Crippen molar-refractivity contribution in [1.82, 2.24) is 4.98 Å². The average Bonchev–Trinajstić information content (AvgIpc) is 2.55. The van der Waals surface area contributed by atoms with E-state index in [4.69, 9.17) is 0 Å². The number of nitriles is 1. The van der Waals surface area contributed by atoms with Crippen LogP contribution in [0.15, 0.2) is 23.2 Å². The zero-order valence-corrected chi connectivity index (χ0v) is 16.2. The maximum absolute atomic E-state index is 12.2. The number of rotatable bonds is 5. The Bertz CT molecular complexity index is 853. The lowest BCUT2D eigenvalue weighted by Gasteiger charge is -2.11. The topological polar surface area (TPSA) is 65.8 Å². The molecule has 1 aromatic carbocycles. The molecule has 1 amide bonds. The summed E-state index contributed by atoms with van der Waals surface area (Å²) in [6.07, 6.45) is 0.372. The third-order valence-electron chi connectivity index (χ3n) is 4.30. The summed E-state index contributed by atoms with van der Waals surface area (Å²) in [7, 11) is 0. The molecule has 0 radical (unpaired) electrons. The number of nitrogens with one attached hydrogen (secondary N) is 1. The number of aryl methyl sites for hydroxylation is 3. The van der Waals surface area contributed by atoms with Crippen molar-refractivity contribution in [3.05, 3.63) is 51.7 Å². The van der Waals surface area contributed by atoms with Gasteiger partial charge in [-0.1, -0.05) is 17.7 Å². The van der Waals surface area contributed by atoms with E-state index in [1.54, 1.807) is 0 Å². The Hall–Kier alpha value is -2.32. The standard InChI is InChI=1S/C20H23N3OS/c1-12-6-7-18(13(2)10-12)23-19(24)8-9-25-20-17(11-21)15(4)14(3)16(5)22-20/h6-7,10H,8-9H2,1-5H3,(H,23,24). The van der Waals surface area contributed by atoms with Crippen molar-refractivity contribution < 1.29 is 4.79 Å². The number of amides is 1. The molecule has 0 unspecified atom stereocenters. The summed E-state index contributed by atoms with van der Waals surface area (Å²) in [6.45, 7) is 9.88. The number of carbonyl (C=O) groups excluding carboxylic acids is 1. The normalized spacial score (nSPS) is 10.4. The Balaban J connectivity index is 1.99. The number of hydrogen-bond donors (Lipinski definition) is 1. The maximum Gasteiger partial charge on any atom is 0.225 e. The van der Waals surface area contributed by atoms with E-state index >= 15 is 0 Å². The number of aromatic nitrogens is 1. The number of nitrogens with zero attached hydrogens (tertiary/aromatic N) is 2. The zero-order valence-electron chi connectivity index (χ0n) is 15.4. The van der Waals surface area contributed by atoms with Gasteiger partial charge in [-0.25, -0.2) is 4.98 Å². The van der Waals surface area contributed by atoms with E-state index in [-0.39, 0.29) is 5.91 Å². The third-order valence-corrected chi connectivity index (χ3v) is 5.28. The predicted molar refractivity (Wildman–Crippen MR) is 103 cm³/mol. The molecule has 1 N–H and O–H groups in total. The smallest absolute Gasteiger partial charge is 0.225 e. The van der Waals surface area contributed by atoms with Gasteiger partial charge in [-0.15, -0.1) is 11.8 Å². The molecule has 0 saturated heterocycles. The lowest BCUT2D eigenvalue weighted by molar-refractivity contribution is -0.115. The van der Waals surface area contributed by atoms with Gasteiger partial charge < -0.3 is 5.32 Å². The highest BCUT2D eigenvalue weighted by atomic mass is 32.2. The predicted octanol–water partition coefficient (Wildman–Crippen LogP) is 4.62. The monoisotopic (exact) mass is 353 g/mol. The van der Waals surface area contributed by atoms with Crippen LogP contribution in [0, 0.1) is 45.9 Å². The van der Waals surface area contributed by atoms with Crippen LogP contribution >= 0.6 is 11.8 Å². The van der Waals surface area contributed by atoms with E-state index in [1.165, 1.54) is 17.3 Å². The van der Waals surface area contributed by atoms with Crippen molar-refractivity contribution in [2.75, 3.05) is 11.1 Å². The highest BCUT2D eigenvalue weighted by Gasteiger charge is 2.13. The second kappa shape index (κ2) is 8.17. The Morgan fingerprint density at radius 3 is 2.56 bits per heavy atom. The fourth-order valence-corrected chi connectivity index (χ4v) is 3.58. The third kappa shape index (κ3) is 4.61. The van der Waals surface area contributed by atoms with Gasteiger partial charge in [-0.2, -0.15) is 5.26 Å². The molecule has 0 aliphatic heterocycles. The number of hydrogen-bond acceptors (Lipinski definition) is 4. The molecule has 0 bridgehead atoms. The molecule has 1 heterocycles. The molecule has 0 spiro atoms. The van der Waals surface area contributed by atoms with Crippen LogP contribution in [-0.2, 0) is 4.79 Å². The van der Waals surface area contributed by atoms with Gasteiger partial charge in [-0.3, -0.25) is 4.79 Å². The van der Waals surface area contributed by atoms with Crippen LogP contribution in [0.2, 0.25) is 0 Å². The van der Waals surface area contributed by atoms with Gasteiger partial charge in [0, 0.05) is 23.6 Å². The number of pyridine rings is 1. The minimum Gasteiger partial charge on any atom is -0.326 e. The molecule has 4 nitrogen and oxygen atoms in total. The van der Waals surface area contributed by atoms with Gasteiger partial charge >= 0.3 is 0 Å². The van der Waals surface area contributed by atoms with Crippen molar-refractivity contribution in [2.24, 2.45) is 0 Å². The Morgan fingerprint density at radius 1 is 1.20 bits per heavy atom. The Labute approximate surface area is 153 Å². The molecule has 2 aromatic rings. The van der Waals surface area contributed by atoms with Gasteiger partial charge in [-0.05, 0) is 57.4 Å². The van der Waals surface area contributed by atoms with Crippen molar-refractivity contribution in [3.8, 4) is 6.07 Å². The van der Waals surface area contributed by atoms with Crippen LogP contribution in [0.1, 0.15) is 39.9 Å². The highest BCUT2D eigenvalue weighted by Crippen LogP contribution is 2.27. The first-order valence-corrected chi connectivity index (χ1v) is 9.19. The Morgan fingerprint density at radius 2 is 1.92 bits per heavy atom. The second-order valence-corrected chi connectivity index (χ2v) is 7.29. The van der Waals surface area contributed by atoms with Crippen LogP contribution in [0.5, 0.6) is 0 Å². The molecule has 25 heavy (non-hydrogen) atoms. The van der Waals surface area contributed by atoms with Crippen LogP contribution in [0.3, 0.4) is 0 Å². The minimum atomic E-state index is -0.0292. The molecule has 0 aliphatic carbocycles. The molecule has 0 saturated carbocycles. The second-order valence-electron chi connectivity index (χ2n) is 6.20. The van der Waals surface area contributed by atoms with Gasteiger partial charge in [0.1, 0.15) is 11.1 Å². The van der Waals surface area contributed by atoms with E-state index in [2.05, 4.69) is 16.4 Å². The molecule has 0 fully saturated rings. The van der Waals surface area contributed by atoms with Crippen molar-refractivity contribution >= 4 is 23.4 Å². The van der Waals surface area contributed by atoms with Gasteiger partial charge in [0.15, 0.2) is 0 Å². The molecule has 2 rings (SSSR count). The fraction of sp³-hybridized carbons (Fsp3) is 0.350. The van der Waals surface area contributed by atoms with Crippen LogP contribution in [-0.4, -0.2) is 16.6 Å². The summed E-state index contributed by atoms with van der Waals surface area (Å²) < 4.78 is 0. The zero-order chi connectivity index (χ0) is 18.6. The number of anilines is 1. The van der Waals surface area contributed by atoms with E-state index in [0.29, 0.717) is 22.8 Å². The van der Waals surface area contributed by atoms with Crippen molar-refractivity contribution in [2.45, 2.75) is 46.1 Å². The number of benzene rings is 1. The van der Waals surface area contributed by atoms with E-state index in [0.717, 1.165) is 28.1 Å². The SMILES string of the molecule is Cc1ccc(NC(=O)CCSc2nc(C)c(C)c(C)c2C#N)c(C)c1. The van der Waals surface area contributed by atoms with E-state index in [1.807, 2.05) is 52.8 Å². The van der Waals surface area contributed by atoms with Crippen LogP contribution in [0.25, 0.3) is 0 Å². The van der Waals surface area contributed by atoms with E-state index < -0.39 is 0 Å². The molecule has 5 heteroatoms. The average molecular weight is 353 g/mol. The first-order chi connectivity index (χ1) is 11.8. The fourth-order valence-electron chi connectivity index (χ4n) is 2.55. The maximum atomic E-state index is 12.2. The summed E-state index contributed by atoms with van der Waals surface area (Å²) in [5, 5.41) is 13.0. The number of carbonyl (C=O) groups is 1. The highest BCUT2D eigenvalue weighted by molar-refractivity contribution is 7.99. The summed E-state index contributed by atoms with van der Waals surface area (Å²) in [6, 6.07) is 8.20. The summed E-state index contributed by atoms with van der Waals surface area (Å²) in [5.41, 5.74) is 6.64. The minimum absolute atomic E-state index is 0.0292. The van der Waals surface area contributed by atoms with Crippen molar-refractivity contribution in [1.29, 1.82) is 5.26 Å². The van der Waals surface area contributed by atoms with Gasteiger partial charge in [0.05, 0.1) is 5.56 Å². The molecular weight excluding hydrogens is 330 g/mol. The summed E-state index contributed by atoms with van der Waals surface area (Å²) in [5.74, 6) is 0.555. The molecular formula is C20H23N3OS. The van der Waals surface area contributed by atoms with Crippen molar-refractivity contribution in [3.63, 3.8) is 0 Å². The summed E-state index contributed by atoms with van der Waals surface area (Å²) in [4.78, 5) is 16.7. The first kappa shape index (κ1) is 19.0. The molecule has 0 aliphatic rings. The van der Waals surface area contributed by atoms with E-state index in [9.17, 15) is 10.1 Å². The van der Waals surface area contributed by atoms with Gasteiger partial charge in [0.2, 0.25) is 5.91 Å². The lowest BCUT2D eigenvalue weighted by atomic mass is 10.1. The number of thioether (sulfide) groups is 1. The summed E-state index contributed by atoms with van der Waals surface area (Å²) >= 11 is 1.46. The van der Waals surface area contributed by atoms with Crippen LogP contribution in [0.4, 0.5) is 5.69 Å². The lowest BCUT2D eigenvalue weighted by Crippen LogP contribution is -2.13. The van der Waals surface area contributed by atoms with Crippen LogP contribution < -0.4 is 5.32 Å². The molecule has 0 atom stereocenters. The largest absolute Gasteiger partial charge is 0.326 e. The quantitative estimate of drug-likeness (QED) is 0.797.